The zero-order valence-electron chi connectivity index (χ0n) is 12.2. The van der Waals surface area contributed by atoms with Crippen LogP contribution in [0.3, 0.4) is 0 Å². The van der Waals surface area contributed by atoms with Crippen molar-refractivity contribution in [2.45, 2.75) is 12.3 Å². The summed E-state index contributed by atoms with van der Waals surface area (Å²) in [7, 11) is 0. The van der Waals surface area contributed by atoms with Gasteiger partial charge in [0.1, 0.15) is 0 Å². The average molecular weight is 332 g/mol. The molecule has 0 unspecified atom stereocenters. The van der Waals surface area contributed by atoms with Gasteiger partial charge in [-0.25, -0.2) is 4.99 Å². The largest absolute Gasteiger partial charge is 0.352 e. The van der Waals surface area contributed by atoms with E-state index >= 15 is 0 Å². The van der Waals surface area contributed by atoms with E-state index in [0.29, 0.717) is 0 Å². The standard InChI is InChI=1S/C17H18ClN3S/c18-16-8-6-15(7-9-16)11-22-17-19-12-21(13-20-17)10-14-4-2-1-3-5-14/h1-9H,10-13H2,(H,19,20). The molecule has 0 aliphatic carbocycles. The van der Waals surface area contributed by atoms with E-state index in [1.807, 2.05) is 18.2 Å². The van der Waals surface area contributed by atoms with Crippen molar-refractivity contribution in [2.75, 3.05) is 13.3 Å². The predicted molar refractivity (Wildman–Crippen MR) is 95.0 cm³/mol. The molecule has 0 atom stereocenters. The number of nitrogens with zero attached hydrogens (tertiary/aromatic N) is 2. The van der Waals surface area contributed by atoms with Crippen LogP contribution in [0.2, 0.25) is 5.02 Å². The molecule has 2 aromatic carbocycles. The summed E-state index contributed by atoms with van der Waals surface area (Å²) >= 11 is 7.63. The van der Waals surface area contributed by atoms with E-state index in [0.717, 1.165) is 35.8 Å². The van der Waals surface area contributed by atoms with Crippen molar-refractivity contribution in [1.82, 2.24) is 10.2 Å². The normalized spacial score (nSPS) is 15.2. The van der Waals surface area contributed by atoms with Gasteiger partial charge in [-0.2, -0.15) is 0 Å². The third kappa shape index (κ3) is 4.50. The lowest BCUT2D eigenvalue weighted by Gasteiger charge is -2.26. The highest BCUT2D eigenvalue weighted by Crippen LogP contribution is 2.17. The number of hydrogen-bond donors (Lipinski definition) is 1. The highest BCUT2D eigenvalue weighted by atomic mass is 35.5. The minimum absolute atomic E-state index is 0.741. The van der Waals surface area contributed by atoms with Crippen LogP contribution in [0.25, 0.3) is 0 Å². The lowest BCUT2D eigenvalue weighted by Crippen LogP contribution is -2.41. The summed E-state index contributed by atoms with van der Waals surface area (Å²) in [5.74, 6) is 0.904. The number of aliphatic imine (C=N–C) groups is 1. The summed E-state index contributed by atoms with van der Waals surface area (Å²) in [6.07, 6.45) is 0. The Balaban J connectivity index is 1.48. The first-order valence-corrected chi connectivity index (χ1v) is 8.58. The van der Waals surface area contributed by atoms with Gasteiger partial charge in [-0.15, -0.1) is 0 Å². The first kappa shape index (κ1) is 15.4. The van der Waals surface area contributed by atoms with Gasteiger partial charge in [0.2, 0.25) is 0 Å². The Kier molecular flexibility index (Phi) is 5.38. The van der Waals surface area contributed by atoms with Gasteiger partial charge in [-0.3, -0.25) is 4.90 Å². The van der Waals surface area contributed by atoms with Crippen LogP contribution in [0.1, 0.15) is 11.1 Å². The third-order valence-electron chi connectivity index (χ3n) is 3.41. The SMILES string of the molecule is Clc1ccc(CSC2=NCN(Cc3ccccc3)CN2)cc1. The van der Waals surface area contributed by atoms with Gasteiger partial charge < -0.3 is 5.32 Å². The van der Waals surface area contributed by atoms with Gasteiger partial charge >= 0.3 is 0 Å². The lowest BCUT2D eigenvalue weighted by atomic mass is 10.2. The number of thioether (sulfide) groups is 1. The van der Waals surface area contributed by atoms with Gasteiger partial charge in [-0.05, 0) is 23.3 Å². The second-order valence-corrected chi connectivity index (χ2v) is 6.57. The number of nitrogens with one attached hydrogen (secondary N) is 1. The number of benzene rings is 2. The van der Waals surface area contributed by atoms with Crippen molar-refractivity contribution in [3.63, 3.8) is 0 Å². The van der Waals surface area contributed by atoms with Crippen molar-refractivity contribution >= 4 is 28.5 Å². The average Bonchev–Trinajstić information content (AvgIpc) is 2.57. The fraction of sp³-hybridized carbons (Fsp3) is 0.235. The summed E-state index contributed by atoms with van der Waals surface area (Å²) in [6, 6.07) is 18.4. The monoisotopic (exact) mass is 331 g/mol. The quantitative estimate of drug-likeness (QED) is 0.919. The van der Waals surface area contributed by atoms with E-state index in [1.165, 1.54) is 11.1 Å². The van der Waals surface area contributed by atoms with Crippen LogP contribution in [-0.2, 0) is 12.3 Å². The summed E-state index contributed by atoms with van der Waals surface area (Å²) in [5, 5.41) is 5.17. The minimum atomic E-state index is 0.741. The van der Waals surface area contributed by atoms with Crippen molar-refractivity contribution < 1.29 is 0 Å². The van der Waals surface area contributed by atoms with Gasteiger partial charge in [0.15, 0.2) is 5.17 Å². The second kappa shape index (κ2) is 7.68. The summed E-state index contributed by atoms with van der Waals surface area (Å²) in [4.78, 5) is 6.89. The Morgan fingerprint density at radius 2 is 1.82 bits per heavy atom. The van der Waals surface area contributed by atoms with Gasteiger partial charge in [0, 0.05) is 17.3 Å². The molecule has 5 heteroatoms. The van der Waals surface area contributed by atoms with Crippen molar-refractivity contribution in [1.29, 1.82) is 0 Å². The maximum absolute atomic E-state index is 5.89. The van der Waals surface area contributed by atoms with Gasteiger partial charge in [0.25, 0.3) is 0 Å². The first-order valence-electron chi connectivity index (χ1n) is 7.21. The number of hydrogen-bond acceptors (Lipinski definition) is 4. The highest BCUT2D eigenvalue weighted by molar-refractivity contribution is 8.13. The zero-order chi connectivity index (χ0) is 15.2. The highest BCUT2D eigenvalue weighted by Gasteiger charge is 2.12. The van der Waals surface area contributed by atoms with Crippen molar-refractivity contribution in [3.8, 4) is 0 Å². The fourth-order valence-corrected chi connectivity index (χ4v) is 3.16. The molecule has 1 aliphatic heterocycles. The van der Waals surface area contributed by atoms with Crippen molar-refractivity contribution in [3.05, 3.63) is 70.7 Å². The first-order chi connectivity index (χ1) is 10.8. The Morgan fingerprint density at radius 3 is 2.50 bits per heavy atom. The molecule has 1 N–H and O–H groups in total. The van der Waals surface area contributed by atoms with E-state index in [-0.39, 0.29) is 0 Å². The molecule has 0 spiro atoms. The molecule has 0 saturated carbocycles. The molecule has 1 aliphatic rings. The minimum Gasteiger partial charge on any atom is -0.352 e. The molecule has 1 heterocycles. The van der Waals surface area contributed by atoms with Gasteiger partial charge in [0.05, 0.1) is 13.3 Å². The molecule has 3 nitrogen and oxygen atoms in total. The Labute approximate surface area is 140 Å². The van der Waals surface area contributed by atoms with Crippen LogP contribution in [-0.4, -0.2) is 23.4 Å². The molecule has 0 saturated heterocycles. The molecule has 114 valence electrons. The molecule has 22 heavy (non-hydrogen) atoms. The van der Waals surface area contributed by atoms with E-state index in [4.69, 9.17) is 11.6 Å². The zero-order valence-corrected chi connectivity index (χ0v) is 13.8. The Morgan fingerprint density at radius 1 is 1.05 bits per heavy atom. The Hall–Kier alpha value is -1.49. The maximum Gasteiger partial charge on any atom is 0.159 e. The van der Waals surface area contributed by atoms with Crippen LogP contribution in [0.5, 0.6) is 0 Å². The molecule has 0 radical (unpaired) electrons. The third-order valence-corrected chi connectivity index (χ3v) is 4.68. The van der Waals surface area contributed by atoms with Crippen LogP contribution >= 0.6 is 23.4 Å². The smallest absolute Gasteiger partial charge is 0.159 e. The molecule has 0 fully saturated rings. The molecular weight excluding hydrogens is 314 g/mol. The molecule has 2 aromatic rings. The Bertz CT molecular complexity index is 628. The van der Waals surface area contributed by atoms with E-state index in [1.54, 1.807) is 11.8 Å². The predicted octanol–water partition coefficient (Wildman–Crippen LogP) is 3.95. The summed E-state index contributed by atoms with van der Waals surface area (Å²) < 4.78 is 0. The van der Waals surface area contributed by atoms with E-state index < -0.39 is 0 Å². The molecule has 0 aromatic heterocycles. The lowest BCUT2D eigenvalue weighted by molar-refractivity contribution is 0.258. The molecule has 3 rings (SSSR count). The van der Waals surface area contributed by atoms with Crippen molar-refractivity contribution in [2.24, 2.45) is 4.99 Å². The van der Waals surface area contributed by atoms with Crippen LogP contribution in [0.15, 0.2) is 59.6 Å². The second-order valence-electron chi connectivity index (χ2n) is 5.17. The molecule has 0 amide bonds. The number of amidine groups is 1. The maximum atomic E-state index is 5.89. The fourth-order valence-electron chi connectivity index (χ4n) is 2.23. The van der Waals surface area contributed by atoms with Gasteiger partial charge in [-0.1, -0.05) is 65.8 Å². The van der Waals surface area contributed by atoms with Crippen LogP contribution in [0, 0.1) is 0 Å². The number of rotatable bonds is 4. The van der Waals surface area contributed by atoms with Crippen LogP contribution in [0.4, 0.5) is 0 Å². The molecule has 0 bridgehead atoms. The summed E-state index contributed by atoms with van der Waals surface area (Å²) in [5.41, 5.74) is 2.57. The van der Waals surface area contributed by atoms with E-state index in [2.05, 4.69) is 51.6 Å². The van der Waals surface area contributed by atoms with E-state index in [9.17, 15) is 0 Å². The molecular formula is C17H18ClN3S. The topological polar surface area (TPSA) is 27.6 Å². The van der Waals surface area contributed by atoms with Crippen LogP contribution < -0.4 is 5.32 Å². The number of halogens is 1. The summed E-state index contributed by atoms with van der Waals surface area (Å²) in [6.45, 7) is 2.50.